The number of carbonyl (C=O) groups is 1. The van der Waals surface area contributed by atoms with Crippen LogP contribution in [0.2, 0.25) is 0 Å². The summed E-state index contributed by atoms with van der Waals surface area (Å²) in [4.78, 5) is 26.5. The molecule has 2 aromatic heterocycles. The standard InChI is InChI=1S/C25H30FN5O3/c1-25(30-20(32)5-4-14-31(2)3)15-33-24(34-16-25)23-28-21(17-6-8-19(26)9-7-17)22(29-23)18-10-12-27-13-11-18/h6-13,24H,4-5,14-16H2,1-3H3,(H,28,29)(H,30,32). The Morgan fingerprint density at radius 2 is 1.82 bits per heavy atom. The van der Waals surface area contributed by atoms with Gasteiger partial charge in [0.15, 0.2) is 5.82 Å². The number of carbonyl (C=O) groups excluding carboxylic acids is 1. The van der Waals surface area contributed by atoms with Crippen molar-refractivity contribution in [3.8, 4) is 22.5 Å². The molecule has 1 aromatic carbocycles. The molecule has 8 nitrogen and oxygen atoms in total. The molecule has 4 rings (SSSR count). The van der Waals surface area contributed by atoms with Gasteiger partial charge < -0.3 is 24.7 Å². The summed E-state index contributed by atoms with van der Waals surface area (Å²) >= 11 is 0. The summed E-state index contributed by atoms with van der Waals surface area (Å²) in [5.74, 6) is 0.170. The largest absolute Gasteiger partial charge is 0.346 e. The fraction of sp³-hybridized carbons (Fsp3) is 0.400. The molecule has 9 heteroatoms. The molecule has 0 radical (unpaired) electrons. The summed E-state index contributed by atoms with van der Waals surface area (Å²) in [6.07, 6.45) is 3.92. The Balaban J connectivity index is 1.48. The van der Waals surface area contributed by atoms with Crippen LogP contribution in [0.5, 0.6) is 0 Å². The molecule has 0 bridgehead atoms. The lowest BCUT2D eigenvalue weighted by molar-refractivity contribution is -0.217. The highest BCUT2D eigenvalue weighted by Crippen LogP contribution is 2.34. The lowest BCUT2D eigenvalue weighted by atomic mass is 10.0. The van der Waals surface area contributed by atoms with E-state index in [9.17, 15) is 9.18 Å². The highest BCUT2D eigenvalue weighted by atomic mass is 19.1. The van der Waals surface area contributed by atoms with E-state index in [1.807, 2.05) is 33.2 Å². The summed E-state index contributed by atoms with van der Waals surface area (Å²) in [7, 11) is 3.97. The second-order valence-corrected chi connectivity index (χ2v) is 9.06. The van der Waals surface area contributed by atoms with Crippen LogP contribution in [0.4, 0.5) is 4.39 Å². The topological polar surface area (TPSA) is 92.4 Å². The summed E-state index contributed by atoms with van der Waals surface area (Å²) in [6, 6.07) is 9.92. The molecular formula is C25H30FN5O3. The lowest BCUT2D eigenvalue weighted by Gasteiger charge is -2.37. The second-order valence-electron chi connectivity index (χ2n) is 9.06. The van der Waals surface area contributed by atoms with Gasteiger partial charge in [-0.1, -0.05) is 0 Å². The first-order chi connectivity index (χ1) is 16.3. The summed E-state index contributed by atoms with van der Waals surface area (Å²) < 4.78 is 25.4. The Labute approximate surface area is 198 Å². The molecular weight excluding hydrogens is 437 g/mol. The molecule has 1 fully saturated rings. The number of hydrogen-bond donors (Lipinski definition) is 2. The molecule has 0 aliphatic carbocycles. The first-order valence-corrected chi connectivity index (χ1v) is 11.3. The van der Waals surface area contributed by atoms with Crippen molar-refractivity contribution in [2.45, 2.75) is 31.6 Å². The van der Waals surface area contributed by atoms with Crippen LogP contribution in [0.1, 0.15) is 31.9 Å². The molecule has 1 saturated heterocycles. The lowest BCUT2D eigenvalue weighted by Crippen LogP contribution is -2.55. The molecule has 0 atom stereocenters. The summed E-state index contributed by atoms with van der Waals surface area (Å²) in [6.45, 7) is 3.33. The molecule has 180 valence electrons. The van der Waals surface area contributed by atoms with Crippen molar-refractivity contribution in [3.05, 3.63) is 60.4 Å². The van der Waals surface area contributed by atoms with E-state index in [-0.39, 0.29) is 24.9 Å². The summed E-state index contributed by atoms with van der Waals surface area (Å²) in [5, 5.41) is 3.03. The van der Waals surface area contributed by atoms with Gasteiger partial charge >= 0.3 is 0 Å². The maximum atomic E-state index is 13.5. The van der Waals surface area contributed by atoms with Crippen molar-refractivity contribution in [2.24, 2.45) is 0 Å². The van der Waals surface area contributed by atoms with Crippen LogP contribution in [0.15, 0.2) is 48.8 Å². The quantitative estimate of drug-likeness (QED) is 0.527. The molecule has 1 amide bonds. The molecule has 2 N–H and O–H groups in total. The fourth-order valence-corrected chi connectivity index (χ4v) is 3.84. The first kappa shape index (κ1) is 24.0. The number of benzene rings is 1. The zero-order valence-electron chi connectivity index (χ0n) is 19.7. The SMILES string of the molecule is CN(C)CCCC(=O)NC1(C)COC(c2nc(-c3ccc(F)cc3)c(-c3ccncc3)[nH]2)OC1. The Morgan fingerprint density at radius 3 is 2.47 bits per heavy atom. The number of rotatable bonds is 8. The molecule has 1 aliphatic rings. The Bertz CT molecular complexity index is 1090. The number of ether oxygens (including phenoxy) is 2. The number of nitrogens with zero attached hydrogens (tertiary/aromatic N) is 3. The van der Waals surface area contributed by atoms with Crippen molar-refractivity contribution in [1.82, 2.24) is 25.2 Å². The minimum absolute atomic E-state index is 0.0217. The van der Waals surface area contributed by atoms with E-state index in [2.05, 4.69) is 20.2 Å². The van der Waals surface area contributed by atoms with E-state index in [1.54, 1.807) is 24.5 Å². The number of nitrogens with one attached hydrogen (secondary N) is 2. The van der Waals surface area contributed by atoms with Gasteiger partial charge in [-0.25, -0.2) is 9.37 Å². The Kier molecular flexibility index (Phi) is 7.35. The fourth-order valence-electron chi connectivity index (χ4n) is 3.84. The molecule has 34 heavy (non-hydrogen) atoms. The van der Waals surface area contributed by atoms with E-state index in [0.717, 1.165) is 29.8 Å². The number of aromatic nitrogens is 3. The Hall–Kier alpha value is -3.14. The molecule has 0 spiro atoms. The van der Waals surface area contributed by atoms with Gasteiger partial charge in [-0.2, -0.15) is 0 Å². The molecule has 0 unspecified atom stereocenters. The van der Waals surface area contributed by atoms with Gasteiger partial charge in [-0.05, 0) is 70.4 Å². The smallest absolute Gasteiger partial charge is 0.220 e. The third-order valence-electron chi connectivity index (χ3n) is 5.59. The predicted molar refractivity (Wildman–Crippen MR) is 126 cm³/mol. The zero-order chi connectivity index (χ0) is 24.1. The van der Waals surface area contributed by atoms with Gasteiger partial charge in [0.2, 0.25) is 12.2 Å². The van der Waals surface area contributed by atoms with Crippen LogP contribution in [0.3, 0.4) is 0 Å². The van der Waals surface area contributed by atoms with Crippen LogP contribution in [0.25, 0.3) is 22.5 Å². The number of aromatic amines is 1. The molecule has 0 saturated carbocycles. The predicted octanol–water partition coefficient (Wildman–Crippen LogP) is 3.54. The normalized spacial score (nSPS) is 20.4. The van der Waals surface area contributed by atoms with Crippen LogP contribution in [-0.4, -0.2) is 65.2 Å². The Morgan fingerprint density at radius 1 is 1.15 bits per heavy atom. The highest BCUT2D eigenvalue weighted by molar-refractivity contribution is 5.78. The van der Waals surface area contributed by atoms with Gasteiger partial charge in [0.1, 0.15) is 5.82 Å². The second kappa shape index (κ2) is 10.4. The van der Waals surface area contributed by atoms with Crippen LogP contribution < -0.4 is 5.32 Å². The third kappa shape index (κ3) is 5.85. The van der Waals surface area contributed by atoms with Crippen molar-refractivity contribution in [3.63, 3.8) is 0 Å². The third-order valence-corrected chi connectivity index (χ3v) is 5.59. The van der Waals surface area contributed by atoms with Gasteiger partial charge in [-0.3, -0.25) is 9.78 Å². The minimum atomic E-state index is -0.714. The van der Waals surface area contributed by atoms with Crippen LogP contribution in [-0.2, 0) is 14.3 Å². The highest BCUT2D eigenvalue weighted by Gasteiger charge is 2.36. The monoisotopic (exact) mass is 467 g/mol. The van der Waals surface area contributed by atoms with Crippen molar-refractivity contribution >= 4 is 5.91 Å². The van der Waals surface area contributed by atoms with Gasteiger partial charge in [0.05, 0.1) is 30.1 Å². The van der Waals surface area contributed by atoms with Gasteiger partial charge in [-0.15, -0.1) is 0 Å². The number of halogens is 1. The molecule has 3 aromatic rings. The van der Waals surface area contributed by atoms with Crippen LogP contribution in [0, 0.1) is 5.82 Å². The van der Waals surface area contributed by atoms with Crippen molar-refractivity contribution in [1.29, 1.82) is 0 Å². The maximum absolute atomic E-state index is 13.5. The average molecular weight is 468 g/mol. The van der Waals surface area contributed by atoms with Gasteiger partial charge in [0.25, 0.3) is 0 Å². The van der Waals surface area contributed by atoms with Crippen molar-refractivity contribution in [2.75, 3.05) is 33.9 Å². The zero-order valence-corrected chi connectivity index (χ0v) is 19.7. The number of H-pyrrole nitrogens is 1. The van der Waals surface area contributed by atoms with E-state index in [1.165, 1.54) is 12.1 Å². The first-order valence-electron chi connectivity index (χ1n) is 11.3. The van der Waals surface area contributed by atoms with E-state index in [4.69, 9.17) is 14.5 Å². The van der Waals surface area contributed by atoms with Crippen molar-refractivity contribution < 1.29 is 18.7 Å². The van der Waals surface area contributed by atoms with E-state index >= 15 is 0 Å². The minimum Gasteiger partial charge on any atom is -0.346 e. The molecule has 3 heterocycles. The van der Waals surface area contributed by atoms with E-state index in [0.29, 0.717) is 17.9 Å². The number of hydrogen-bond acceptors (Lipinski definition) is 6. The number of imidazole rings is 1. The number of pyridine rings is 1. The van der Waals surface area contributed by atoms with Gasteiger partial charge in [0, 0.05) is 29.9 Å². The number of amides is 1. The molecule has 1 aliphatic heterocycles. The van der Waals surface area contributed by atoms with E-state index < -0.39 is 11.8 Å². The maximum Gasteiger partial charge on any atom is 0.220 e. The summed E-state index contributed by atoms with van der Waals surface area (Å²) in [5.41, 5.74) is 2.46. The average Bonchev–Trinajstić information content (AvgIpc) is 3.25. The van der Waals surface area contributed by atoms with Crippen LogP contribution >= 0.6 is 0 Å².